The smallest absolute Gasteiger partial charge is 0.259 e. The Morgan fingerprint density at radius 3 is 2.77 bits per heavy atom. The lowest BCUT2D eigenvalue weighted by Crippen LogP contribution is -2.15. The van der Waals surface area contributed by atoms with Crippen LogP contribution in [0, 0.1) is 5.82 Å². The summed E-state index contributed by atoms with van der Waals surface area (Å²) in [6.45, 7) is 3.90. The molecule has 0 unspecified atom stereocenters. The van der Waals surface area contributed by atoms with Gasteiger partial charge in [0, 0.05) is 20.2 Å². The van der Waals surface area contributed by atoms with Crippen LogP contribution in [-0.4, -0.2) is 50.2 Å². The molecule has 4 aromatic rings. The lowest BCUT2D eigenvalue weighted by molar-refractivity contribution is 0.102. The molecule has 0 radical (unpaired) electrons. The number of carbonyl (C=O) groups is 1. The molecule has 0 atom stereocenters. The summed E-state index contributed by atoms with van der Waals surface area (Å²) < 4.78 is 16.9. The van der Waals surface area contributed by atoms with E-state index in [1.807, 2.05) is 32.8 Å². The SMILES string of the molecule is CC(C)n1nnnc1-c1cccc(NC(=O)c2cc3sc(N(C)C)nc3cc2F)n1. The van der Waals surface area contributed by atoms with Gasteiger partial charge in [-0.05, 0) is 42.5 Å². The molecule has 0 saturated carbocycles. The number of nitrogens with one attached hydrogen (secondary N) is 1. The fourth-order valence-electron chi connectivity index (χ4n) is 2.82. The molecule has 0 bridgehead atoms. The normalized spacial score (nSPS) is 11.3. The highest BCUT2D eigenvalue weighted by Crippen LogP contribution is 2.30. The quantitative estimate of drug-likeness (QED) is 0.522. The standard InChI is InChI=1S/C19H19FN8OS/c1-10(2)28-17(24-25-26-28)13-6-5-7-16(21-13)23-18(29)11-8-15-14(9-12(11)20)22-19(30-15)27(3)4/h5-10H,1-4H3,(H,21,23,29). The Kier molecular flexibility index (Phi) is 5.12. The largest absolute Gasteiger partial charge is 0.354 e. The van der Waals surface area contributed by atoms with Gasteiger partial charge in [-0.2, -0.15) is 0 Å². The van der Waals surface area contributed by atoms with Gasteiger partial charge in [0.1, 0.15) is 17.3 Å². The van der Waals surface area contributed by atoms with E-state index in [1.165, 1.54) is 23.5 Å². The summed E-state index contributed by atoms with van der Waals surface area (Å²) in [5, 5.41) is 15.0. The maximum Gasteiger partial charge on any atom is 0.259 e. The van der Waals surface area contributed by atoms with Gasteiger partial charge in [-0.3, -0.25) is 4.79 Å². The molecule has 0 aliphatic rings. The van der Waals surface area contributed by atoms with E-state index in [2.05, 4.69) is 30.8 Å². The van der Waals surface area contributed by atoms with E-state index in [0.29, 0.717) is 17.0 Å². The Hall–Kier alpha value is -3.47. The molecule has 154 valence electrons. The monoisotopic (exact) mass is 426 g/mol. The van der Waals surface area contributed by atoms with Gasteiger partial charge in [0.15, 0.2) is 5.13 Å². The Morgan fingerprint density at radius 1 is 1.23 bits per heavy atom. The zero-order chi connectivity index (χ0) is 21.4. The Bertz CT molecular complexity index is 1230. The van der Waals surface area contributed by atoms with Crippen molar-refractivity contribution in [2.75, 3.05) is 24.3 Å². The molecule has 3 heterocycles. The third-order valence-corrected chi connectivity index (χ3v) is 5.48. The molecular weight excluding hydrogens is 407 g/mol. The first kappa shape index (κ1) is 19.8. The van der Waals surface area contributed by atoms with Gasteiger partial charge in [0.05, 0.1) is 21.8 Å². The van der Waals surface area contributed by atoms with Crippen LogP contribution in [-0.2, 0) is 0 Å². The number of hydrogen-bond donors (Lipinski definition) is 1. The molecule has 1 aromatic carbocycles. The van der Waals surface area contributed by atoms with Crippen LogP contribution in [0.3, 0.4) is 0 Å². The molecule has 1 N–H and O–H groups in total. The molecule has 4 rings (SSSR count). The average molecular weight is 426 g/mol. The number of anilines is 2. The molecule has 11 heteroatoms. The number of halogens is 1. The molecule has 0 fully saturated rings. The second-order valence-corrected chi connectivity index (χ2v) is 8.10. The molecular formula is C19H19FN8OS. The van der Waals surface area contributed by atoms with Crippen LogP contribution < -0.4 is 10.2 Å². The Balaban J connectivity index is 1.63. The van der Waals surface area contributed by atoms with Gasteiger partial charge < -0.3 is 10.2 Å². The van der Waals surface area contributed by atoms with Gasteiger partial charge in [-0.1, -0.05) is 17.4 Å². The summed E-state index contributed by atoms with van der Waals surface area (Å²) in [4.78, 5) is 23.3. The molecule has 0 saturated heterocycles. The molecule has 3 aromatic heterocycles. The molecule has 0 spiro atoms. The maximum absolute atomic E-state index is 14.6. The number of carbonyl (C=O) groups excluding carboxylic acids is 1. The van der Waals surface area contributed by atoms with Crippen LogP contribution in [0.5, 0.6) is 0 Å². The van der Waals surface area contributed by atoms with E-state index in [0.717, 1.165) is 9.83 Å². The fraction of sp³-hybridized carbons (Fsp3) is 0.263. The zero-order valence-electron chi connectivity index (χ0n) is 16.8. The van der Waals surface area contributed by atoms with Gasteiger partial charge in [-0.15, -0.1) is 5.10 Å². The fourth-order valence-corrected chi connectivity index (χ4v) is 3.73. The van der Waals surface area contributed by atoms with Crippen molar-refractivity contribution >= 4 is 38.4 Å². The first-order valence-electron chi connectivity index (χ1n) is 9.17. The molecule has 0 aliphatic carbocycles. The first-order valence-corrected chi connectivity index (χ1v) is 9.99. The van der Waals surface area contributed by atoms with E-state index < -0.39 is 11.7 Å². The molecule has 1 amide bonds. The van der Waals surface area contributed by atoms with Gasteiger partial charge >= 0.3 is 0 Å². The van der Waals surface area contributed by atoms with Crippen molar-refractivity contribution in [2.45, 2.75) is 19.9 Å². The van der Waals surface area contributed by atoms with Gasteiger partial charge in [-0.25, -0.2) is 19.0 Å². The second-order valence-electron chi connectivity index (χ2n) is 7.09. The minimum absolute atomic E-state index is 0.0438. The molecule has 0 aliphatic heterocycles. The van der Waals surface area contributed by atoms with E-state index in [-0.39, 0.29) is 17.4 Å². The minimum atomic E-state index is -0.643. The molecule has 9 nitrogen and oxygen atoms in total. The first-order chi connectivity index (χ1) is 14.3. The van der Waals surface area contributed by atoms with E-state index in [1.54, 1.807) is 22.9 Å². The van der Waals surface area contributed by atoms with Crippen LogP contribution in [0.25, 0.3) is 21.7 Å². The number of amides is 1. The molecule has 30 heavy (non-hydrogen) atoms. The lowest BCUT2D eigenvalue weighted by atomic mass is 10.2. The minimum Gasteiger partial charge on any atom is -0.354 e. The summed E-state index contributed by atoms with van der Waals surface area (Å²) in [6, 6.07) is 7.92. The summed E-state index contributed by atoms with van der Waals surface area (Å²) in [5.74, 6) is -0.485. The Labute approximate surface area is 175 Å². The van der Waals surface area contributed by atoms with Crippen molar-refractivity contribution in [3.8, 4) is 11.5 Å². The maximum atomic E-state index is 14.6. The third kappa shape index (κ3) is 3.71. The second kappa shape index (κ2) is 7.75. The van der Waals surface area contributed by atoms with E-state index >= 15 is 0 Å². The van der Waals surface area contributed by atoms with Crippen LogP contribution in [0.2, 0.25) is 0 Å². The number of pyridine rings is 1. The van der Waals surface area contributed by atoms with Crippen molar-refractivity contribution < 1.29 is 9.18 Å². The third-order valence-electron chi connectivity index (χ3n) is 4.29. The average Bonchev–Trinajstić information content (AvgIpc) is 3.34. The predicted molar refractivity (Wildman–Crippen MR) is 113 cm³/mol. The van der Waals surface area contributed by atoms with Crippen LogP contribution in [0.4, 0.5) is 15.3 Å². The highest BCUT2D eigenvalue weighted by atomic mass is 32.1. The highest BCUT2D eigenvalue weighted by molar-refractivity contribution is 7.22. The van der Waals surface area contributed by atoms with Crippen LogP contribution in [0.15, 0.2) is 30.3 Å². The van der Waals surface area contributed by atoms with Crippen LogP contribution in [0.1, 0.15) is 30.2 Å². The number of hydrogen-bond acceptors (Lipinski definition) is 8. The number of tetrazole rings is 1. The number of aromatic nitrogens is 6. The summed E-state index contributed by atoms with van der Waals surface area (Å²) in [7, 11) is 3.71. The van der Waals surface area contributed by atoms with Crippen molar-refractivity contribution in [1.29, 1.82) is 0 Å². The summed E-state index contributed by atoms with van der Waals surface area (Å²) in [5.41, 5.74) is 0.939. The van der Waals surface area contributed by atoms with E-state index in [9.17, 15) is 9.18 Å². The van der Waals surface area contributed by atoms with Crippen LogP contribution >= 0.6 is 11.3 Å². The Morgan fingerprint density at radius 2 is 2.03 bits per heavy atom. The number of thiazole rings is 1. The van der Waals surface area contributed by atoms with Crippen molar-refractivity contribution in [3.05, 3.63) is 41.7 Å². The zero-order valence-corrected chi connectivity index (χ0v) is 17.6. The number of nitrogens with zero attached hydrogens (tertiary/aromatic N) is 7. The van der Waals surface area contributed by atoms with Gasteiger partial charge in [0.2, 0.25) is 5.82 Å². The summed E-state index contributed by atoms with van der Waals surface area (Å²) >= 11 is 1.38. The van der Waals surface area contributed by atoms with Crippen molar-refractivity contribution in [3.63, 3.8) is 0 Å². The van der Waals surface area contributed by atoms with Crippen molar-refractivity contribution in [1.82, 2.24) is 30.2 Å². The number of benzene rings is 1. The van der Waals surface area contributed by atoms with Crippen molar-refractivity contribution in [2.24, 2.45) is 0 Å². The van der Waals surface area contributed by atoms with Gasteiger partial charge in [0.25, 0.3) is 5.91 Å². The number of fused-ring (bicyclic) bond motifs is 1. The topological polar surface area (TPSA) is 102 Å². The summed E-state index contributed by atoms with van der Waals surface area (Å²) in [6.07, 6.45) is 0. The highest BCUT2D eigenvalue weighted by Gasteiger charge is 2.18. The van der Waals surface area contributed by atoms with E-state index in [4.69, 9.17) is 0 Å². The predicted octanol–water partition coefficient (Wildman–Crippen LogP) is 3.38. The number of rotatable bonds is 5. The lowest BCUT2D eigenvalue weighted by Gasteiger charge is -2.09.